The maximum Gasteiger partial charge on any atom is 0.240 e. The Morgan fingerprint density at radius 2 is 2.10 bits per heavy atom. The molecule has 0 radical (unpaired) electrons. The van der Waals surface area contributed by atoms with Crippen LogP contribution in [0.15, 0.2) is 23.1 Å². The third kappa shape index (κ3) is 3.03. The van der Waals surface area contributed by atoms with E-state index < -0.39 is 10.0 Å². The van der Waals surface area contributed by atoms with E-state index in [1.807, 2.05) is 6.92 Å². The van der Waals surface area contributed by atoms with Gasteiger partial charge in [-0.25, -0.2) is 13.1 Å². The molecule has 112 valence electrons. The van der Waals surface area contributed by atoms with E-state index in [4.69, 9.17) is 10.5 Å². The summed E-state index contributed by atoms with van der Waals surface area (Å²) in [6.45, 7) is 2.60. The standard InChI is InChI=1S/C14H22N2O3S/c1-11-8-13(5-4-12(11)9-15)20(17,18)16-10-14(19-2)6-3-7-14/h4-5,8,16H,3,6-7,9-10,15H2,1-2H3. The van der Waals surface area contributed by atoms with Gasteiger partial charge in [-0.15, -0.1) is 0 Å². The molecule has 1 aliphatic rings. The van der Waals surface area contributed by atoms with E-state index >= 15 is 0 Å². The minimum absolute atomic E-state index is 0.276. The van der Waals surface area contributed by atoms with E-state index in [0.29, 0.717) is 13.1 Å². The lowest BCUT2D eigenvalue weighted by atomic mass is 9.80. The van der Waals surface area contributed by atoms with Gasteiger partial charge >= 0.3 is 0 Å². The zero-order chi connectivity index (χ0) is 14.8. The van der Waals surface area contributed by atoms with Crippen LogP contribution in [0.1, 0.15) is 30.4 Å². The van der Waals surface area contributed by atoms with Crippen LogP contribution < -0.4 is 10.5 Å². The average molecular weight is 298 g/mol. The largest absolute Gasteiger partial charge is 0.377 e. The summed E-state index contributed by atoms with van der Waals surface area (Å²) in [5.74, 6) is 0. The minimum atomic E-state index is -3.50. The Kier molecular flexibility index (Phi) is 4.49. The van der Waals surface area contributed by atoms with Crippen molar-refractivity contribution >= 4 is 10.0 Å². The summed E-state index contributed by atoms with van der Waals surface area (Å²) in [6, 6.07) is 5.02. The first-order valence-electron chi connectivity index (χ1n) is 6.77. The van der Waals surface area contributed by atoms with Gasteiger partial charge in [0.25, 0.3) is 0 Å². The summed E-state index contributed by atoms with van der Waals surface area (Å²) < 4.78 is 32.6. The highest BCUT2D eigenvalue weighted by Gasteiger charge is 2.38. The molecule has 0 heterocycles. The number of sulfonamides is 1. The molecule has 0 aliphatic heterocycles. The van der Waals surface area contributed by atoms with Crippen LogP contribution in [0.3, 0.4) is 0 Å². The molecule has 0 unspecified atom stereocenters. The second kappa shape index (κ2) is 5.81. The summed E-state index contributed by atoms with van der Waals surface area (Å²) >= 11 is 0. The number of hydrogen-bond acceptors (Lipinski definition) is 4. The van der Waals surface area contributed by atoms with Crippen LogP contribution in [0.2, 0.25) is 0 Å². The van der Waals surface area contributed by atoms with E-state index in [1.54, 1.807) is 25.3 Å². The second-order valence-corrected chi connectivity index (χ2v) is 7.12. The molecule has 0 amide bonds. The molecule has 2 rings (SSSR count). The minimum Gasteiger partial charge on any atom is -0.377 e. The fraction of sp³-hybridized carbons (Fsp3) is 0.571. The van der Waals surface area contributed by atoms with Crippen molar-refractivity contribution in [1.82, 2.24) is 4.72 Å². The molecular weight excluding hydrogens is 276 g/mol. The summed E-state index contributed by atoms with van der Waals surface area (Å²) in [7, 11) is -1.87. The van der Waals surface area contributed by atoms with Gasteiger partial charge in [0.1, 0.15) is 0 Å². The topological polar surface area (TPSA) is 81.4 Å². The lowest BCUT2D eigenvalue weighted by Crippen LogP contribution is -2.49. The highest BCUT2D eigenvalue weighted by Crippen LogP contribution is 2.34. The van der Waals surface area contributed by atoms with Crippen LogP contribution in [-0.4, -0.2) is 27.7 Å². The van der Waals surface area contributed by atoms with E-state index in [-0.39, 0.29) is 10.5 Å². The lowest BCUT2D eigenvalue weighted by Gasteiger charge is -2.40. The van der Waals surface area contributed by atoms with Gasteiger partial charge in [-0.1, -0.05) is 6.07 Å². The van der Waals surface area contributed by atoms with Crippen molar-refractivity contribution in [1.29, 1.82) is 0 Å². The van der Waals surface area contributed by atoms with Crippen LogP contribution >= 0.6 is 0 Å². The Hall–Kier alpha value is -0.950. The third-order valence-electron chi connectivity index (χ3n) is 4.13. The Morgan fingerprint density at radius 1 is 1.40 bits per heavy atom. The van der Waals surface area contributed by atoms with E-state index in [1.165, 1.54) is 0 Å². The number of aryl methyl sites for hydroxylation is 1. The Morgan fingerprint density at radius 3 is 2.55 bits per heavy atom. The van der Waals surface area contributed by atoms with Gasteiger partial charge in [0, 0.05) is 20.2 Å². The third-order valence-corrected chi connectivity index (χ3v) is 5.53. The lowest BCUT2D eigenvalue weighted by molar-refractivity contribution is -0.0659. The van der Waals surface area contributed by atoms with Gasteiger partial charge in [0.15, 0.2) is 0 Å². The van der Waals surface area contributed by atoms with Crippen molar-refractivity contribution in [3.63, 3.8) is 0 Å². The molecule has 1 fully saturated rings. The number of methoxy groups -OCH3 is 1. The normalized spacial score (nSPS) is 17.8. The Balaban J connectivity index is 2.12. The molecular formula is C14H22N2O3S. The maximum atomic E-state index is 12.3. The predicted octanol–water partition coefficient (Wildman–Crippen LogP) is 1.30. The van der Waals surface area contributed by atoms with E-state index in [9.17, 15) is 8.42 Å². The van der Waals surface area contributed by atoms with Crippen molar-refractivity contribution < 1.29 is 13.2 Å². The highest BCUT2D eigenvalue weighted by atomic mass is 32.2. The Labute approximate surface area is 120 Å². The van der Waals surface area contributed by atoms with Gasteiger partial charge in [-0.05, 0) is 49.4 Å². The molecule has 1 aliphatic carbocycles. The molecule has 3 N–H and O–H groups in total. The van der Waals surface area contributed by atoms with Crippen LogP contribution in [0.4, 0.5) is 0 Å². The molecule has 0 bridgehead atoms. The van der Waals surface area contributed by atoms with Crippen LogP contribution in [0.5, 0.6) is 0 Å². The first-order valence-corrected chi connectivity index (χ1v) is 8.25. The SMILES string of the molecule is COC1(CNS(=O)(=O)c2ccc(CN)c(C)c2)CCC1. The van der Waals surface area contributed by atoms with Crippen molar-refractivity contribution in [3.05, 3.63) is 29.3 Å². The number of nitrogens with one attached hydrogen (secondary N) is 1. The Bertz CT molecular complexity index is 575. The zero-order valence-electron chi connectivity index (χ0n) is 12.0. The van der Waals surface area contributed by atoms with Crippen molar-refractivity contribution in [2.24, 2.45) is 5.73 Å². The quantitative estimate of drug-likeness (QED) is 0.829. The van der Waals surface area contributed by atoms with E-state index in [2.05, 4.69) is 4.72 Å². The molecule has 0 spiro atoms. The van der Waals surface area contributed by atoms with Crippen molar-refractivity contribution in [3.8, 4) is 0 Å². The number of benzene rings is 1. The fourth-order valence-electron chi connectivity index (χ4n) is 2.40. The maximum absolute atomic E-state index is 12.3. The first kappa shape index (κ1) is 15.4. The van der Waals surface area contributed by atoms with E-state index in [0.717, 1.165) is 30.4 Å². The fourth-order valence-corrected chi connectivity index (χ4v) is 3.60. The van der Waals surface area contributed by atoms with Gasteiger partial charge < -0.3 is 10.5 Å². The van der Waals surface area contributed by atoms with Gasteiger partial charge in [-0.3, -0.25) is 0 Å². The van der Waals surface area contributed by atoms with Crippen LogP contribution in [0.25, 0.3) is 0 Å². The second-order valence-electron chi connectivity index (χ2n) is 5.36. The van der Waals surface area contributed by atoms with Gasteiger partial charge in [0.05, 0.1) is 10.5 Å². The molecule has 0 aromatic heterocycles. The smallest absolute Gasteiger partial charge is 0.240 e. The first-order chi connectivity index (χ1) is 9.42. The summed E-state index contributed by atoms with van der Waals surface area (Å²) in [6.07, 6.45) is 2.88. The highest BCUT2D eigenvalue weighted by molar-refractivity contribution is 7.89. The molecule has 0 atom stereocenters. The van der Waals surface area contributed by atoms with Crippen LogP contribution in [0, 0.1) is 6.92 Å². The number of nitrogens with two attached hydrogens (primary N) is 1. The average Bonchev–Trinajstić information content (AvgIpc) is 2.38. The molecule has 6 heteroatoms. The summed E-state index contributed by atoms with van der Waals surface area (Å²) in [5, 5.41) is 0. The molecule has 1 aromatic rings. The molecule has 0 saturated heterocycles. The van der Waals surface area contributed by atoms with Gasteiger partial charge in [0.2, 0.25) is 10.0 Å². The predicted molar refractivity (Wildman–Crippen MR) is 77.8 cm³/mol. The summed E-state index contributed by atoms with van der Waals surface area (Å²) in [4.78, 5) is 0.276. The number of ether oxygens (including phenoxy) is 1. The van der Waals surface area contributed by atoms with Crippen molar-refractivity contribution in [2.75, 3.05) is 13.7 Å². The van der Waals surface area contributed by atoms with Crippen molar-refractivity contribution in [2.45, 2.75) is 43.2 Å². The van der Waals surface area contributed by atoms with Gasteiger partial charge in [-0.2, -0.15) is 0 Å². The number of hydrogen-bond donors (Lipinski definition) is 2. The zero-order valence-corrected chi connectivity index (χ0v) is 12.8. The summed E-state index contributed by atoms with van der Waals surface area (Å²) in [5.41, 5.74) is 7.11. The number of rotatable bonds is 6. The molecule has 20 heavy (non-hydrogen) atoms. The van der Waals surface area contributed by atoms with Crippen LogP contribution in [-0.2, 0) is 21.3 Å². The molecule has 1 saturated carbocycles. The monoisotopic (exact) mass is 298 g/mol. The molecule has 1 aromatic carbocycles. The molecule has 5 nitrogen and oxygen atoms in total.